The molecule has 0 aliphatic rings. The van der Waals surface area contributed by atoms with E-state index in [1.54, 1.807) is 18.2 Å². The Balaban J connectivity index is 2.17. The average Bonchev–Trinajstić information content (AvgIpc) is 2.53. The van der Waals surface area contributed by atoms with Crippen LogP contribution in [0.15, 0.2) is 54.6 Å². The summed E-state index contributed by atoms with van der Waals surface area (Å²) < 4.78 is 0. The van der Waals surface area contributed by atoms with E-state index < -0.39 is 5.91 Å². The van der Waals surface area contributed by atoms with Gasteiger partial charge in [-0.3, -0.25) is 10.0 Å². The minimum Gasteiger partial charge on any atom is -0.288 e. The molecule has 1 amide bonds. The summed E-state index contributed by atoms with van der Waals surface area (Å²) in [6.45, 7) is 6.91. The lowest BCUT2D eigenvalue weighted by Gasteiger charge is -2.02. The lowest BCUT2D eigenvalue weighted by molar-refractivity contribution is -0.124. The monoisotopic (exact) mass is 264 g/mol. The number of benzene rings is 2. The quantitative estimate of drug-likeness (QED) is 0.386. The van der Waals surface area contributed by atoms with Gasteiger partial charge in [-0.25, -0.2) is 10.3 Å². The Bertz CT molecular complexity index is 665. The van der Waals surface area contributed by atoms with Gasteiger partial charge in [0.15, 0.2) is 5.69 Å². The first-order valence-corrected chi connectivity index (χ1v) is 5.93. The van der Waals surface area contributed by atoms with Crippen molar-refractivity contribution in [2.45, 2.75) is 0 Å². The second-order valence-electron chi connectivity index (χ2n) is 4.09. The summed E-state index contributed by atoms with van der Waals surface area (Å²) in [6, 6.07) is 15.0. The van der Waals surface area contributed by atoms with Crippen molar-refractivity contribution >= 4 is 17.7 Å². The Morgan fingerprint density at radius 3 is 2.10 bits per heavy atom. The second-order valence-corrected chi connectivity index (χ2v) is 4.09. The smallest absolute Gasteiger partial charge is 0.267 e. The summed E-state index contributed by atoms with van der Waals surface area (Å²) in [6.07, 6.45) is 2.86. The number of carbonyl (C=O) groups excluding carboxylic acids is 1. The summed E-state index contributed by atoms with van der Waals surface area (Å²) in [5.74, 6) is -0.566. The molecule has 98 valence electrons. The molecule has 20 heavy (non-hydrogen) atoms. The minimum absolute atomic E-state index is 0.566. The zero-order valence-electron chi connectivity index (χ0n) is 10.6. The normalized spacial score (nSPS) is 10.2. The maximum Gasteiger partial charge on any atom is 0.267 e. The molecule has 2 N–H and O–H groups in total. The Hall–Kier alpha value is -2.90. The van der Waals surface area contributed by atoms with Crippen LogP contribution in [0.1, 0.15) is 5.56 Å². The molecule has 0 aliphatic carbocycles. The van der Waals surface area contributed by atoms with Gasteiger partial charge in [-0.1, -0.05) is 48.5 Å². The summed E-state index contributed by atoms with van der Waals surface area (Å²) in [5.41, 5.74) is 5.07. The van der Waals surface area contributed by atoms with Gasteiger partial charge >= 0.3 is 0 Å². The van der Waals surface area contributed by atoms with Crippen molar-refractivity contribution in [2.75, 3.05) is 0 Å². The van der Waals surface area contributed by atoms with Crippen LogP contribution in [0.25, 0.3) is 22.0 Å². The molecule has 0 atom stereocenters. The third-order valence-electron chi connectivity index (χ3n) is 2.78. The minimum atomic E-state index is -0.566. The Morgan fingerprint density at radius 2 is 1.60 bits per heavy atom. The van der Waals surface area contributed by atoms with Crippen molar-refractivity contribution in [3.05, 3.63) is 71.6 Å². The van der Waals surface area contributed by atoms with Crippen LogP contribution < -0.4 is 5.48 Å². The summed E-state index contributed by atoms with van der Waals surface area (Å²) in [4.78, 5) is 14.2. The van der Waals surface area contributed by atoms with Gasteiger partial charge in [0.25, 0.3) is 5.91 Å². The zero-order chi connectivity index (χ0) is 14.4. The predicted molar refractivity (Wildman–Crippen MR) is 77.1 cm³/mol. The van der Waals surface area contributed by atoms with E-state index in [-0.39, 0.29) is 0 Å². The van der Waals surface area contributed by atoms with E-state index in [0.717, 1.165) is 16.7 Å². The Kier molecular flexibility index (Phi) is 4.28. The highest BCUT2D eigenvalue weighted by atomic mass is 16.5. The molecule has 2 aromatic rings. The van der Waals surface area contributed by atoms with Crippen LogP contribution in [-0.4, -0.2) is 11.1 Å². The zero-order valence-corrected chi connectivity index (χ0v) is 10.6. The topological polar surface area (TPSA) is 53.7 Å². The van der Waals surface area contributed by atoms with Gasteiger partial charge in [-0.2, -0.15) is 0 Å². The van der Waals surface area contributed by atoms with Crippen LogP contribution in [-0.2, 0) is 4.79 Å². The highest BCUT2D eigenvalue weighted by Crippen LogP contribution is 2.23. The number of hydroxylamine groups is 1. The van der Waals surface area contributed by atoms with Gasteiger partial charge in [-0.05, 0) is 22.8 Å². The molecule has 0 saturated carbocycles. The van der Waals surface area contributed by atoms with E-state index in [1.165, 1.54) is 11.6 Å². The Morgan fingerprint density at radius 1 is 1.05 bits per heavy atom. The first kappa shape index (κ1) is 13.5. The molecule has 4 heteroatoms. The van der Waals surface area contributed by atoms with Crippen molar-refractivity contribution in [1.82, 2.24) is 5.48 Å². The molecule has 0 unspecified atom stereocenters. The van der Waals surface area contributed by atoms with E-state index in [1.807, 2.05) is 36.4 Å². The van der Waals surface area contributed by atoms with Crippen LogP contribution in [0.3, 0.4) is 0 Å². The lowest BCUT2D eigenvalue weighted by Crippen LogP contribution is -2.14. The standard InChI is InChI=1S/C16H12N2O2/c1-17-15-9-7-14(8-10-15)13-5-2-12(3-6-13)4-11-16(19)18-20/h2-11,20H,(H,18,19)/b11-4+. The Labute approximate surface area is 116 Å². The molecular weight excluding hydrogens is 252 g/mol. The maximum absolute atomic E-state index is 10.9. The molecule has 0 aliphatic heterocycles. The summed E-state index contributed by atoms with van der Waals surface area (Å²) >= 11 is 0. The van der Waals surface area contributed by atoms with Gasteiger partial charge in [0, 0.05) is 6.08 Å². The van der Waals surface area contributed by atoms with Gasteiger partial charge in [0.1, 0.15) is 0 Å². The van der Waals surface area contributed by atoms with Crippen molar-refractivity contribution in [2.24, 2.45) is 0 Å². The molecule has 2 rings (SSSR count). The number of rotatable bonds is 3. The fourth-order valence-electron chi connectivity index (χ4n) is 1.72. The fraction of sp³-hybridized carbons (Fsp3) is 0. The van der Waals surface area contributed by atoms with Gasteiger partial charge in [-0.15, -0.1) is 0 Å². The SMILES string of the molecule is [C-]#[N+]c1ccc(-c2ccc(/C=C/C(=O)NO)cc2)cc1. The first-order chi connectivity index (χ1) is 9.72. The van der Waals surface area contributed by atoms with Gasteiger partial charge in [0.2, 0.25) is 0 Å². The van der Waals surface area contributed by atoms with Gasteiger partial charge in [0.05, 0.1) is 6.57 Å². The predicted octanol–water partition coefficient (Wildman–Crippen LogP) is 3.42. The van der Waals surface area contributed by atoms with E-state index >= 15 is 0 Å². The van der Waals surface area contributed by atoms with Crippen LogP contribution >= 0.6 is 0 Å². The number of nitrogens with zero attached hydrogens (tertiary/aromatic N) is 1. The molecule has 0 heterocycles. The van der Waals surface area contributed by atoms with Crippen LogP contribution in [0.5, 0.6) is 0 Å². The number of carbonyl (C=O) groups is 1. The first-order valence-electron chi connectivity index (χ1n) is 5.93. The van der Waals surface area contributed by atoms with Gasteiger partial charge < -0.3 is 0 Å². The molecule has 0 bridgehead atoms. The summed E-state index contributed by atoms with van der Waals surface area (Å²) in [5, 5.41) is 8.38. The van der Waals surface area contributed by atoms with E-state index in [0.29, 0.717) is 5.69 Å². The van der Waals surface area contributed by atoms with Crippen LogP contribution in [0.4, 0.5) is 5.69 Å². The third-order valence-corrected chi connectivity index (χ3v) is 2.78. The van der Waals surface area contributed by atoms with Crippen molar-refractivity contribution in [3.8, 4) is 11.1 Å². The molecule has 2 aromatic carbocycles. The van der Waals surface area contributed by atoms with E-state index in [2.05, 4.69) is 4.85 Å². The molecule has 0 radical (unpaired) electrons. The molecular formula is C16H12N2O2. The number of hydrogen-bond acceptors (Lipinski definition) is 2. The van der Waals surface area contributed by atoms with Crippen LogP contribution in [0.2, 0.25) is 0 Å². The third kappa shape index (κ3) is 3.31. The average molecular weight is 264 g/mol. The second kappa shape index (κ2) is 6.32. The maximum atomic E-state index is 10.9. The lowest BCUT2D eigenvalue weighted by atomic mass is 10.0. The number of amides is 1. The summed E-state index contributed by atoms with van der Waals surface area (Å²) in [7, 11) is 0. The van der Waals surface area contributed by atoms with E-state index in [9.17, 15) is 4.79 Å². The molecule has 4 nitrogen and oxygen atoms in total. The molecule has 0 aromatic heterocycles. The fourth-order valence-corrected chi connectivity index (χ4v) is 1.72. The highest BCUT2D eigenvalue weighted by molar-refractivity contribution is 5.90. The molecule has 0 fully saturated rings. The molecule has 0 saturated heterocycles. The van der Waals surface area contributed by atoms with Crippen molar-refractivity contribution in [1.29, 1.82) is 0 Å². The van der Waals surface area contributed by atoms with Crippen molar-refractivity contribution < 1.29 is 10.0 Å². The van der Waals surface area contributed by atoms with E-state index in [4.69, 9.17) is 11.8 Å². The largest absolute Gasteiger partial charge is 0.288 e. The van der Waals surface area contributed by atoms with Crippen LogP contribution in [0, 0.1) is 6.57 Å². The van der Waals surface area contributed by atoms with Crippen molar-refractivity contribution in [3.63, 3.8) is 0 Å². The highest BCUT2D eigenvalue weighted by Gasteiger charge is 1.98. The number of nitrogens with one attached hydrogen (secondary N) is 1. The molecule has 0 spiro atoms. The number of hydrogen-bond donors (Lipinski definition) is 2.